The Morgan fingerprint density at radius 3 is 2.59 bits per heavy atom. The SMILES string of the molecule is COc1ccccc1-c1cc(C(F)F)n2ncc(C(=O)Nc3cnn(Cc4cccc(C(F)(F)F)c4)c3)c2n1. The largest absolute Gasteiger partial charge is 0.496 e. The molecule has 200 valence electrons. The maximum absolute atomic E-state index is 13.9. The molecule has 1 amide bonds. The summed E-state index contributed by atoms with van der Waals surface area (Å²) in [6, 6.07) is 12.7. The van der Waals surface area contributed by atoms with E-state index in [-0.39, 0.29) is 29.1 Å². The summed E-state index contributed by atoms with van der Waals surface area (Å²) in [5.74, 6) is -0.276. The van der Waals surface area contributed by atoms with Gasteiger partial charge in [-0.2, -0.15) is 23.4 Å². The number of carbonyl (C=O) groups excluding carboxylic acids is 1. The smallest absolute Gasteiger partial charge is 0.416 e. The molecule has 0 radical (unpaired) electrons. The molecule has 0 unspecified atom stereocenters. The van der Waals surface area contributed by atoms with Gasteiger partial charge in [0, 0.05) is 11.8 Å². The zero-order chi connectivity index (χ0) is 27.7. The van der Waals surface area contributed by atoms with E-state index in [1.165, 1.54) is 42.4 Å². The Bertz CT molecular complexity index is 1660. The zero-order valence-corrected chi connectivity index (χ0v) is 20.2. The molecule has 0 aliphatic rings. The van der Waals surface area contributed by atoms with Gasteiger partial charge in [-0.05, 0) is 35.9 Å². The van der Waals surface area contributed by atoms with Gasteiger partial charge in [0.2, 0.25) is 0 Å². The number of hydrogen-bond donors (Lipinski definition) is 1. The van der Waals surface area contributed by atoms with Crippen LogP contribution in [-0.4, -0.2) is 37.4 Å². The Balaban J connectivity index is 1.42. The Hall–Kier alpha value is -4.81. The van der Waals surface area contributed by atoms with Gasteiger partial charge in [-0.15, -0.1) is 0 Å². The van der Waals surface area contributed by atoms with E-state index in [0.29, 0.717) is 16.9 Å². The predicted octanol–water partition coefficient (Wildman–Crippen LogP) is 5.86. The van der Waals surface area contributed by atoms with E-state index in [2.05, 4.69) is 20.5 Å². The van der Waals surface area contributed by atoms with Gasteiger partial charge >= 0.3 is 6.18 Å². The molecule has 0 aliphatic carbocycles. The Morgan fingerprint density at radius 2 is 1.85 bits per heavy atom. The van der Waals surface area contributed by atoms with Crippen LogP contribution in [-0.2, 0) is 12.7 Å². The molecule has 0 atom stereocenters. The fourth-order valence-corrected chi connectivity index (χ4v) is 4.04. The number of fused-ring (bicyclic) bond motifs is 1. The number of hydrogen-bond acceptors (Lipinski definition) is 5. The number of halogens is 5. The highest BCUT2D eigenvalue weighted by molar-refractivity contribution is 6.08. The van der Waals surface area contributed by atoms with Crippen molar-refractivity contribution in [2.75, 3.05) is 12.4 Å². The molecule has 5 rings (SSSR count). The second kappa shape index (κ2) is 10.2. The molecule has 1 N–H and O–H groups in total. The van der Waals surface area contributed by atoms with Crippen molar-refractivity contribution in [3.8, 4) is 17.0 Å². The number of methoxy groups -OCH3 is 1. The number of amides is 1. The fraction of sp³-hybridized carbons (Fsp3) is 0.154. The highest BCUT2D eigenvalue weighted by atomic mass is 19.4. The third-order valence-electron chi connectivity index (χ3n) is 5.84. The second-order valence-electron chi connectivity index (χ2n) is 8.44. The quantitative estimate of drug-likeness (QED) is 0.261. The van der Waals surface area contributed by atoms with Crippen LogP contribution in [0, 0.1) is 0 Å². The van der Waals surface area contributed by atoms with Crippen molar-refractivity contribution in [1.29, 1.82) is 0 Å². The average Bonchev–Trinajstić information content (AvgIpc) is 3.54. The topological polar surface area (TPSA) is 86.3 Å². The van der Waals surface area contributed by atoms with Crippen LogP contribution in [0.2, 0.25) is 0 Å². The number of anilines is 1. The molecule has 39 heavy (non-hydrogen) atoms. The molecule has 0 spiro atoms. The number of nitrogens with one attached hydrogen (secondary N) is 1. The van der Waals surface area contributed by atoms with Crippen LogP contribution in [0.3, 0.4) is 0 Å². The molecule has 0 saturated carbocycles. The summed E-state index contributed by atoms with van der Waals surface area (Å²) in [5, 5.41) is 10.6. The van der Waals surface area contributed by atoms with Crippen LogP contribution in [0.5, 0.6) is 5.75 Å². The van der Waals surface area contributed by atoms with Gasteiger partial charge in [0.05, 0.1) is 43.0 Å². The molecule has 5 aromatic rings. The first-order valence-corrected chi connectivity index (χ1v) is 11.4. The number of para-hydroxylation sites is 1. The van der Waals surface area contributed by atoms with Crippen molar-refractivity contribution in [2.45, 2.75) is 19.1 Å². The first-order chi connectivity index (χ1) is 18.6. The summed E-state index contributed by atoms with van der Waals surface area (Å²) in [6.07, 6.45) is -3.51. The average molecular weight is 542 g/mol. The van der Waals surface area contributed by atoms with E-state index in [1.54, 1.807) is 24.3 Å². The van der Waals surface area contributed by atoms with Crippen molar-refractivity contribution in [2.24, 2.45) is 0 Å². The van der Waals surface area contributed by atoms with Crippen LogP contribution in [0.1, 0.15) is 33.6 Å². The van der Waals surface area contributed by atoms with Crippen molar-refractivity contribution in [3.63, 3.8) is 0 Å². The lowest BCUT2D eigenvalue weighted by molar-refractivity contribution is -0.137. The molecular weight excluding hydrogens is 523 g/mol. The van der Waals surface area contributed by atoms with Crippen molar-refractivity contribution in [1.82, 2.24) is 24.4 Å². The second-order valence-corrected chi connectivity index (χ2v) is 8.44. The number of carbonyl (C=O) groups is 1. The minimum Gasteiger partial charge on any atom is -0.496 e. The number of aromatic nitrogens is 5. The molecule has 0 saturated heterocycles. The van der Waals surface area contributed by atoms with Crippen molar-refractivity contribution < 1.29 is 31.5 Å². The summed E-state index contributed by atoms with van der Waals surface area (Å²) >= 11 is 0. The predicted molar refractivity (Wildman–Crippen MR) is 131 cm³/mol. The molecule has 2 aromatic carbocycles. The van der Waals surface area contributed by atoms with E-state index in [4.69, 9.17) is 4.74 Å². The number of benzene rings is 2. The number of nitrogens with zero attached hydrogens (tertiary/aromatic N) is 5. The lowest BCUT2D eigenvalue weighted by Crippen LogP contribution is -2.12. The van der Waals surface area contributed by atoms with Crippen LogP contribution >= 0.6 is 0 Å². The summed E-state index contributed by atoms with van der Waals surface area (Å²) < 4.78 is 74.4. The van der Waals surface area contributed by atoms with E-state index in [0.717, 1.165) is 22.8 Å². The minimum absolute atomic E-state index is 0.0259. The highest BCUT2D eigenvalue weighted by Crippen LogP contribution is 2.32. The van der Waals surface area contributed by atoms with Crippen LogP contribution in [0.15, 0.2) is 73.2 Å². The van der Waals surface area contributed by atoms with Crippen LogP contribution in [0.4, 0.5) is 27.6 Å². The highest BCUT2D eigenvalue weighted by Gasteiger charge is 2.30. The zero-order valence-electron chi connectivity index (χ0n) is 20.2. The van der Waals surface area contributed by atoms with Crippen LogP contribution in [0.25, 0.3) is 16.9 Å². The van der Waals surface area contributed by atoms with Crippen molar-refractivity contribution >= 4 is 17.2 Å². The molecular formula is C26H19F5N6O2. The maximum Gasteiger partial charge on any atom is 0.416 e. The van der Waals surface area contributed by atoms with Crippen molar-refractivity contribution in [3.05, 3.63) is 95.6 Å². The van der Waals surface area contributed by atoms with Gasteiger partial charge in [0.25, 0.3) is 12.3 Å². The van der Waals surface area contributed by atoms with E-state index >= 15 is 0 Å². The monoisotopic (exact) mass is 542 g/mol. The summed E-state index contributed by atoms with van der Waals surface area (Å²) in [6.45, 7) is 0.0259. The normalized spacial score (nSPS) is 11.8. The van der Waals surface area contributed by atoms with Gasteiger partial charge in [0.15, 0.2) is 5.65 Å². The van der Waals surface area contributed by atoms with Gasteiger partial charge in [-0.25, -0.2) is 18.3 Å². The van der Waals surface area contributed by atoms with E-state index < -0.39 is 29.8 Å². The first-order valence-electron chi connectivity index (χ1n) is 11.4. The number of alkyl halides is 5. The Labute approximate surface area is 217 Å². The summed E-state index contributed by atoms with van der Waals surface area (Å²) in [7, 11) is 1.44. The minimum atomic E-state index is -4.47. The molecule has 3 aromatic heterocycles. The molecule has 0 aliphatic heterocycles. The lowest BCUT2D eigenvalue weighted by Gasteiger charge is -2.11. The van der Waals surface area contributed by atoms with Gasteiger partial charge in [-0.3, -0.25) is 9.48 Å². The number of ether oxygens (including phenoxy) is 1. The third-order valence-corrected chi connectivity index (χ3v) is 5.84. The van der Waals surface area contributed by atoms with E-state index in [9.17, 15) is 26.7 Å². The molecule has 13 heteroatoms. The lowest BCUT2D eigenvalue weighted by atomic mass is 10.1. The Morgan fingerprint density at radius 1 is 1.05 bits per heavy atom. The number of rotatable bonds is 7. The van der Waals surface area contributed by atoms with Gasteiger partial charge < -0.3 is 10.1 Å². The first kappa shape index (κ1) is 25.8. The van der Waals surface area contributed by atoms with Gasteiger partial charge in [-0.1, -0.05) is 24.3 Å². The standard InChI is InChI=1S/C26H19F5N6O2/c1-39-22-8-3-2-7-18(22)20-10-21(23(27)28)37-24(35-20)19(12-33-37)25(38)34-17-11-32-36(14-17)13-15-5-4-6-16(9-15)26(29,30)31/h2-12,14,23H,13H2,1H3,(H,34,38). The van der Waals surface area contributed by atoms with Gasteiger partial charge in [0.1, 0.15) is 17.0 Å². The molecule has 3 heterocycles. The molecule has 0 bridgehead atoms. The summed E-state index contributed by atoms with van der Waals surface area (Å²) in [4.78, 5) is 17.5. The third kappa shape index (κ3) is 5.28. The van der Waals surface area contributed by atoms with Crippen LogP contribution < -0.4 is 10.1 Å². The summed E-state index contributed by atoms with van der Waals surface area (Å²) in [5.41, 5.74) is -0.193. The Kier molecular flexibility index (Phi) is 6.73. The molecule has 0 fully saturated rings. The maximum atomic E-state index is 13.9. The van der Waals surface area contributed by atoms with E-state index in [1.807, 2.05) is 0 Å². The fourth-order valence-electron chi connectivity index (χ4n) is 4.04. The molecule has 8 nitrogen and oxygen atoms in total.